The maximum Gasteiger partial charge on any atom is 0.264 e. The summed E-state index contributed by atoms with van der Waals surface area (Å²) >= 11 is 16.0. The Morgan fingerprint density at radius 1 is 1.03 bits per heavy atom. The second-order valence-corrected chi connectivity index (χ2v) is 11.9. The lowest BCUT2D eigenvalue weighted by molar-refractivity contribution is -0.119. The standard InChI is InChI=1S/C27H23BrCl2N4O3S/c1-18-15-20(19(2)34(18)25-10-6-9-24(29)27(25)30)16-31-32-26(35)17-33(22-13-11-21(28)12-14-22)38(36,37)23-7-4-3-5-8-23/h3-16H,17H2,1-2H3,(H,32,35)/b31-16+. The molecule has 0 saturated heterocycles. The largest absolute Gasteiger partial charge is 0.316 e. The molecule has 0 radical (unpaired) electrons. The minimum atomic E-state index is -4.01. The number of aromatic nitrogens is 1. The Bertz CT molecular complexity index is 1610. The van der Waals surface area contributed by atoms with E-state index in [2.05, 4.69) is 26.5 Å². The third-order valence-electron chi connectivity index (χ3n) is 5.77. The van der Waals surface area contributed by atoms with Gasteiger partial charge >= 0.3 is 0 Å². The fraction of sp³-hybridized carbons (Fsp3) is 0.111. The van der Waals surface area contributed by atoms with Gasteiger partial charge in [0.05, 0.1) is 32.5 Å². The molecular formula is C27H23BrCl2N4O3S. The molecule has 11 heteroatoms. The molecule has 0 aliphatic carbocycles. The van der Waals surface area contributed by atoms with Crippen molar-refractivity contribution in [1.82, 2.24) is 9.99 Å². The van der Waals surface area contributed by atoms with Crippen LogP contribution in [0.4, 0.5) is 5.69 Å². The summed E-state index contributed by atoms with van der Waals surface area (Å²) < 4.78 is 30.6. The third-order valence-corrected chi connectivity index (χ3v) is 8.89. The van der Waals surface area contributed by atoms with Gasteiger partial charge in [0.2, 0.25) is 0 Å². The van der Waals surface area contributed by atoms with Crippen LogP contribution in [0.25, 0.3) is 5.69 Å². The summed E-state index contributed by atoms with van der Waals surface area (Å²) in [4.78, 5) is 12.9. The number of anilines is 1. The molecule has 0 fully saturated rings. The van der Waals surface area contributed by atoms with E-state index in [4.69, 9.17) is 23.2 Å². The van der Waals surface area contributed by atoms with E-state index in [0.29, 0.717) is 15.7 Å². The molecule has 0 aliphatic heterocycles. The second kappa shape index (κ2) is 11.7. The average Bonchev–Trinajstić information content (AvgIpc) is 3.18. The van der Waals surface area contributed by atoms with Gasteiger partial charge in [-0.15, -0.1) is 0 Å². The number of carbonyl (C=O) groups is 1. The van der Waals surface area contributed by atoms with E-state index >= 15 is 0 Å². The van der Waals surface area contributed by atoms with Crippen LogP contribution in [0.15, 0.2) is 93.3 Å². The quantitative estimate of drug-likeness (QED) is 0.177. The molecule has 7 nitrogen and oxygen atoms in total. The summed E-state index contributed by atoms with van der Waals surface area (Å²) in [7, 11) is -4.01. The van der Waals surface area contributed by atoms with Crippen molar-refractivity contribution in [1.29, 1.82) is 0 Å². The summed E-state index contributed by atoms with van der Waals surface area (Å²) in [6, 6.07) is 21.9. The van der Waals surface area contributed by atoms with Crippen molar-refractivity contribution in [3.63, 3.8) is 0 Å². The first kappa shape index (κ1) is 27.9. The lowest BCUT2D eigenvalue weighted by atomic mass is 10.2. The van der Waals surface area contributed by atoms with E-state index in [-0.39, 0.29) is 4.90 Å². The van der Waals surface area contributed by atoms with Crippen molar-refractivity contribution in [3.8, 4) is 5.69 Å². The number of aryl methyl sites for hydroxylation is 1. The normalized spacial score (nSPS) is 11.6. The molecule has 0 atom stereocenters. The highest BCUT2D eigenvalue weighted by Crippen LogP contribution is 2.31. The van der Waals surface area contributed by atoms with Gasteiger partial charge < -0.3 is 4.57 Å². The van der Waals surface area contributed by atoms with Crippen LogP contribution >= 0.6 is 39.1 Å². The first-order chi connectivity index (χ1) is 18.1. The van der Waals surface area contributed by atoms with Crippen LogP contribution in [-0.4, -0.2) is 31.7 Å². The Morgan fingerprint density at radius 3 is 2.39 bits per heavy atom. The molecule has 0 spiro atoms. The molecule has 1 N–H and O–H groups in total. The number of amides is 1. The number of carbonyl (C=O) groups excluding carboxylic acids is 1. The Hall–Kier alpha value is -3.11. The zero-order valence-electron chi connectivity index (χ0n) is 20.4. The Morgan fingerprint density at radius 2 is 1.71 bits per heavy atom. The van der Waals surface area contributed by atoms with Gasteiger partial charge in [0.25, 0.3) is 15.9 Å². The number of nitrogens with one attached hydrogen (secondary N) is 1. The van der Waals surface area contributed by atoms with E-state index < -0.39 is 22.5 Å². The number of benzene rings is 3. The Balaban J connectivity index is 1.56. The van der Waals surface area contributed by atoms with E-state index in [9.17, 15) is 13.2 Å². The number of nitrogens with zero attached hydrogens (tertiary/aromatic N) is 3. The highest BCUT2D eigenvalue weighted by atomic mass is 79.9. The maximum absolute atomic E-state index is 13.4. The van der Waals surface area contributed by atoms with Gasteiger partial charge in [-0.25, -0.2) is 13.8 Å². The van der Waals surface area contributed by atoms with Gasteiger partial charge in [0.1, 0.15) is 6.54 Å². The summed E-state index contributed by atoms with van der Waals surface area (Å²) in [6.45, 7) is 3.35. The topological polar surface area (TPSA) is 83.8 Å². The van der Waals surface area contributed by atoms with Gasteiger partial charge in [-0.1, -0.05) is 63.4 Å². The van der Waals surface area contributed by atoms with E-state index in [1.165, 1.54) is 18.3 Å². The highest BCUT2D eigenvalue weighted by molar-refractivity contribution is 9.10. The molecule has 1 aromatic heterocycles. The molecule has 0 unspecified atom stereocenters. The number of hydrogen-bond donors (Lipinski definition) is 1. The predicted molar refractivity (Wildman–Crippen MR) is 156 cm³/mol. The molecule has 0 saturated carbocycles. The molecular weight excluding hydrogens is 611 g/mol. The Labute approximate surface area is 239 Å². The fourth-order valence-corrected chi connectivity index (χ4v) is 6.02. The molecule has 196 valence electrons. The van der Waals surface area contributed by atoms with Crippen molar-refractivity contribution in [2.75, 3.05) is 10.8 Å². The molecule has 0 bridgehead atoms. The van der Waals surface area contributed by atoms with Crippen molar-refractivity contribution in [2.24, 2.45) is 5.10 Å². The molecule has 4 aromatic rings. The first-order valence-corrected chi connectivity index (χ1v) is 14.4. The third kappa shape index (κ3) is 5.96. The molecule has 1 heterocycles. The lowest BCUT2D eigenvalue weighted by Crippen LogP contribution is -2.39. The predicted octanol–water partition coefficient (Wildman–Crippen LogP) is 6.51. The van der Waals surface area contributed by atoms with Crippen LogP contribution in [0.5, 0.6) is 0 Å². The van der Waals surface area contributed by atoms with Crippen molar-refractivity contribution < 1.29 is 13.2 Å². The van der Waals surface area contributed by atoms with E-state index in [1.807, 2.05) is 36.6 Å². The van der Waals surface area contributed by atoms with Crippen molar-refractivity contribution in [2.45, 2.75) is 18.7 Å². The summed E-state index contributed by atoms with van der Waals surface area (Å²) in [5.74, 6) is -0.602. The van der Waals surface area contributed by atoms with Crippen LogP contribution in [0.3, 0.4) is 0 Å². The molecule has 1 amide bonds. The summed E-state index contributed by atoms with van der Waals surface area (Å²) in [5.41, 5.74) is 6.01. The van der Waals surface area contributed by atoms with Crippen molar-refractivity contribution >= 4 is 67.0 Å². The van der Waals surface area contributed by atoms with Crippen LogP contribution in [0.2, 0.25) is 10.0 Å². The van der Waals surface area contributed by atoms with E-state index in [0.717, 1.165) is 31.4 Å². The molecule has 3 aromatic carbocycles. The molecule has 38 heavy (non-hydrogen) atoms. The second-order valence-electron chi connectivity index (χ2n) is 8.33. The number of rotatable bonds is 8. The zero-order chi connectivity index (χ0) is 27.4. The number of hydrogen-bond acceptors (Lipinski definition) is 4. The number of halogens is 3. The minimum absolute atomic E-state index is 0.0753. The van der Waals surface area contributed by atoms with Crippen LogP contribution in [-0.2, 0) is 14.8 Å². The van der Waals surface area contributed by atoms with Gasteiger partial charge in [-0.05, 0) is 68.4 Å². The molecule has 4 rings (SSSR count). The maximum atomic E-state index is 13.4. The van der Waals surface area contributed by atoms with Gasteiger partial charge in [0.15, 0.2) is 0 Å². The van der Waals surface area contributed by atoms with Crippen LogP contribution < -0.4 is 9.73 Å². The van der Waals surface area contributed by atoms with Gasteiger partial charge in [-0.3, -0.25) is 9.10 Å². The number of sulfonamides is 1. The van der Waals surface area contributed by atoms with Crippen molar-refractivity contribution in [3.05, 3.63) is 110 Å². The molecule has 0 aliphatic rings. The van der Waals surface area contributed by atoms with E-state index in [1.54, 1.807) is 48.5 Å². The SMILES string of the molecule is Cc1cc(/C=N/NC(=O)CN(c2ccc(Br)cc2)S(=O)(=O)c2ccccc2)c(C)n1-c1cccc(Cl)c1Cl. The van der Waals surface area contributed by atoms with Gasteiger partial charge in [0, 0.05) is 21.4 Å². The van der Waals surface area contributed by atoms with Crippen LogP contribution in [0.1, 0.15) is 17.0 Å². The smallest absolute Gasteiger partial charge is 0.264 e. The average molecular weight is 634 g/mol. The zero-order valence-corrected chi connectivity index (χ0v) is 24.3. The monoisotopic (exact) mass is 632 g/mol. The highest BCUT2D eigenvalue weighted by Gasteiger charge is 2.27. The first-order valence-electron chi connectivity index (χ1n) is 11.4. The minimum Gasteiger partial charge on any atom is -0.316 e. The number of hydrazone groups is 1. The lowest BCUT2D eigenvalue weighted by Gasteiger charge is -2.23. The summed E-state index contributed by atoms with van der Waals surface area (Å²) in [5, 5.41) is 4.96. The fourth-order valence-electron chi connectivity index (χ4n) is 3.94. The van der Waals surface area contributed by atoms with Crippen LogP contribution in [0, 0.1) is 13.8 Å². The van der Waals surface area contributed by atoms with Gasteiger partial charge in [-0.2, -0.15) is 5.10 Å². The Kier molecular flexibility index (Phi) is 8.62. The summed E-state index contributed by atoms with van der Waals surface area (Å²) in [6.07, 6.45) is 1.50.